The molecule has 206 valence electrons. The highest BCUT2D eigenvalue weighted by molar-refractivity contribution is 6.31. The molecule has 1 heterocycles. The van der Waals surface area contributed by atoms with Gasteiger partial charge in [-0.3, -0.25) is 0 Å². The Balaban J connectivity index is 1.57. The Labute approximate surface area is 226 Å². The van der Waals surface area contributed by atoms with Crippen molar-refractivity contribution in [1.29, 1.82) is 0 Å². The molecule has 2 amide bonds. The summed E-state index contributed by atoms with van der Waals surface area (Å²) in [6.07, 6.45) is 0.311. The molecular formula is C28H33ClF3N3O3. The van der Waals surface area contributed by atoms with Crippen LogP contribution in [0.2, 0.25) is 5.02 Å². The smallest absolute Gasteiger partial charge is 0.417 e. The molecule has 10 heteroatoms. The predicted molar refractivity (Wildman–Crippen MR) is 142 cm³/mol. The van der Waals surface area contributed by atoms with Gasteiger partial charge in [0.25, 0.3) is 0 Å². The van der Waals surface area contributed by atoms with E-state index in [2.05, 4.69) is 36.0 Å². The highest BCUT2D eigenvalue weighted by atomic mass is 35.5. The molecule has 2 aromatic carbocycles. The van der Waals surface area contributed by atoms with Crippen molar-refractivity contribution in [1.82, 2.24) is 9.80 Å². The summed E-state index contributed by atoms with van der Waals surface area (Å²) < 4.78 is 51.0. The van der Waals surface area contributed by atoms with Crippen LogP contribution >= 0.6 is 11.6 Å². The second-order valence-corrected chi connectivity index (χ2v) is 10.4. The van der Waals surface area contributed by atoms with Gasteiger partial charge in [-0.25, -0.2) is 4.79 Å². The van der Waals surface area contributed by atoms with Gasteiger partial charge >= 0.3 is 12.2 Å². The SMILES string of the molecule is C=CCN(C(=O)Nc1ccc(Cl)c(C(F)(F)F)c1)[C@H]1CC[C@@]2(c3ccc(OC)c(OC)c3)CCN(C)[C@H]2C1. The van der Waals surface area contributed by atoms with Gasteiger partial charge in [0.2, 0.25) is 0 Å². The highest BCUT2D eigenvalue weighted by Crippen LogP contribution is 2.50. The summed E-state index contributed by atoms with van der Waals surface area (Å²) in [5.41, 5.74) is 0.133. The van der Waals surface area contributed by atoms with E-state index in [9.17, 15) is 18.0 Å². The van der Waals surface area contributed by atoms with E-state index >= 15 is 0 Å². The lowest BCUT2D eigenvalue weighted by molar-refractivity contribution is -0.137. The van der Waals surface area contributed by atoms with E-state index in [1.54, 1.807) is 25.2 Å². The Kier molecular flexibility index (Phi) is 8.18. The van der Waals surface area contributed by atoms with Crippen molar-refractivity contribution in [2.45, 2.75) is 49.4 Å². The number of alkyl halides is 3. The normalized spacial score (nSPS) is 23.4. The summed E-state index contributed by atoms with van der Waals surface area (Å²) in [6.45, 7) is 4.99. The standard InChI is InChI=1S/C28H33ClF3N3O3/c1-5-13-35(26(36)33-19-7-8-22(29)21(16-19)28(30,31)32)20-10-11-27(12-14-34(2)25(27)17-20)18-6-9-23(37-3)24(15-18)38-4/h5-9,15-16,20,25H,1,10-14,17H2,2-4H3,(H,33,36)/t20-,25-,27-/m0/s1. The molecule has 6 nitrogen and oxygen atoms in total. The average molecular weight is 552 g/mol. The number of carbonyl (C=O) groups excluding carboxylic acids is 1. The molecule has 1 N–H and O–H groups in total. The van der Waals surface area contributed by atoms with Crippen LogP contribution in [-0.4, -0.2) is 62.3 Å². The summed E-state index contributed by atoms with van der Waals surface area (Å²) in [6, 6.07) is 9.05. The molecule has 1 saturated carbocycles. The van der Waals surface area contributed by atoms with Crippen LogP contribution in [0.1, 0.15) is 36.8 Å². The Morgan fingerprint density at radius 2 is 1.95 bits per heavy atom. The van der Waals surface area contributed by atoms with Crippen LogP contribution in [0, 0.1) is 0 Å². The molecule has 38 heavy (non-hydrogen) atoms. The predicted octanol–water partition coefficient (Wildman–Crippen LogP) is 6.59. The second kappa shape index (κ2) is 11.1. The number of benzene rings is 2. The monoisotopic (exact) mass is 551 g/mol. The third-order valence-electron chi connectivity index (χ3n) is 8.01. The van der Waals surface area contributed by atoms with Gasteiger partial charge in [0, 0.05) is 29.7 Å². The lowest BCUT2D eigenvalue weighted by atomic mass is 9.64. The first-order valence-corrected chi connectivity index (χ1v) is 12.9. The number of rotatable bonds is 7. The molecule has 1 aliphatic heterocycles. The van der Waals surface area contributed by atoms with Crippen LogP contribution in [0.5, 0.6) is 11.5 Å². The van der Waals surface area contributed by atoms with Crippen LogP contribution in [0.15, 0.2) is 49.1 Å². The number of likely N-dealkylation sites (tertiary alicyclic amines) is 1. The number of hydrogen-bond acceptors (Lipinski definition) is 4. The van der Waals surface area contributed by atoms with E-state index in [-0.39, 0.29) is 29.7 Å². The van der Waals surface area contributed by atoms with Gasteiger partial charge in [0.05, 0.1) is 24.8 Å². The van der Waals surface area contributed by atoms with E-state index in [1.807, 2.05) is 6.07 Å². The molecule has 1 saturated heterocycles. The summed E-state index contributed by atoms with van der Waals surface area (Å²) in [5, 5.41) is 2.22. The molecule has 0 aromatic heterocycles. The minimum Gasteiger partial charge on any atom is -0.493 e. The Morgan fingerprint density at radius 3 is 2.61 bits per heavy atom. The number of methoxy groups -OCH3 is 2. The summed E-state index contributed by atoms with van der Waals surface area (Å²) in [7, 11) is 5.33. The first-order chi connectivity index (χ1) is 18.0. The minimum absolute atomic E-state index is 0.0363. The molecule has 4 rings (SSSR count). The van der Waals surface area contributed by atoms with Gasteiger partial charge in [0.1, 0.15) is 0 Å². The van der Waals surface area contributed by atoms with Crippen molar-refractivity contribution >= 4 is 23.3 Å². The van der Waals surface area contributed by atoms with Gasteiger partial charge in [0.15, 0.2) is 11.5 Å². The fourth-order valence-corrected chi connectivity index (χ4v) is 6.30. The lowest BCUT2D eigenvalue weighted by Crippen LogP contribution is -2.53. The number of amides is 2. The first-order valence-electron chi connectivity index (χ1n) is 12.5. The zero-order valence-electron chi connectivity index (χ0n) is 21.8. The van der Waals surface area contributed by atoms with Gasteiger partial charge < -0.3 is 24.6 Å². The lowest BCUT2D eigenvalue weighted by Gasteiger charge is -2.47. The van der Waals surface area contributed by atoms with Crippen molar-refractivity contribution in [2.24, 2.45) is 0 Å². The van der Waals surface area contributed by atoms with Crippen LogP contribution < -0.4 is 14.8 Å². The topological polar surface area (TPSA) is 54.0 Å². The van der Waals surface area contributed by atoms with Crippen molar-refractivity contribution < 1.29 is 27.4 Å². The Morgan fingerprint density at radius 1 is 1.21 bits per heavy atom. The first kappa shape index (κ1) is 28.1. The molecule has 2 aliphatic rings. The molecule has 3 atom stereocenters. The van der Waals surface area contributed by atoms with Gasteiger partial charge in [-0.15, -0.1) is 6.58 Å². The number of anilines is 1. The van der Waals surface area contributed by atoms with Gasteiger partial charge in [-0.1, -0.05) is 23.7 Å². The summed E-state index contributed by atoms with van der Waals surface area (Å²) in [5.74, 6) is 1.36. The molecule has 0 spiro atoms. The number of halogens is 4. The molecule has 2 aromatic rings. The van der Waals surface area contributed by atoms with Crippen molar-refractivity contribution in [3.8, 4) is 11.5 Å². The largest absolute Gasteiger partial charge is 0.493 e. The Hall–Kier alpha value is -2.91. The zero-order valence-corrected chi connectivity index (χ0v) is 22.5. The van der Waals surface area contributed by atoms with E-state index in [0.717, 1.165) is 44.4 Å². The maximum atomic E-state index is 13.3. The highest BCUT2D eigenvalue weighted by Gasteiger charge is 2.51. The average Bonchev–Trinajstić information content (AvgIpc) is 3.23. The third-order valence-corrected chi connectivity index (χ3v) is 8.34. The minimum atomic E-state index is -4.62. The van der Waals surface area contributed by atoms with Crippen molar-refractivity contribution in [3.63, 3.8) is 0 Å². The van der Waals surface area contributed by atoms with Crippen LogP contribution in [0.3, 0.4) is 0 Å². The number of nitrogens with one attached hydrogen (secondary N) is 1. The molecule has 1 aliphatic carbocycles. The molecule has 2 fully saturated rings. The molecular weight excluding hydrogens is 519 g/mol. The van der Waals surface area contributed by atoms with Crippen molar-refractivity contribution in [2.75, 3.05) is 39.7 Å². The number of likely N-dealkylation sites (N-methyl/N-ethyl adjacent to an activating group) is 1. The van der Waals surface area contributed by atoms with Gasteiger partial charge in [-0.2, -0.15) is 13.2 Å². The fraction of sp³-hybridized carbons (Fsp3) is 0.464. The van der Waals surface area contributed by atoms with E-state index in [0.29, 0.717) is 11.5 Å². The summed E-state index contributed by atoms with van der Waals surface area (Å²) in [4.78, 5) is 17.3. The third kappa shape index (κ3) is 5.31. The van der Waals surface area contributed by atoms with E-state index < -0.39 is 22.8 Å². The summed E-state index contributed by atoms with van der Waals surface area (Å²) >= 11 is 5.74. The van der Waals surface area contributed by atoms with Crippen LogP contribution in [-0.2, 0) is 11.6 Å². The number of hydrogen-bond donors (Lipinski definition) is 1. The van der Waals surface area contributed by atoms with E-state index in [1.165, 1.54) is 11.6 Å². The Bertz CT molecular complexity index is 1190. The second-order valence-electron chi connectivity index (χ2n) is 9.96. The number of fused-ring (bicyclic) bond motifs is 1. The van der Waals surface area contributed by atoms with Crippen LogP contribution in [0.4, 0.5) is 23.7 Å². The van der Waals surface area contributed by atoms with E-state index in [4.69, 9.17) is 21.1 Å². The maximum Gasteiger partial charge on any atom is 0.417 e. The molecule has 0 radical (unpaired) electrons. The molecule has 0 bridgehead atoms. The zero-order chi connectivity index (χ0) is 27.7. The number of urea groups is 1. The molecule has 0 unspecified atom stereocenters. The van der Waals surface area contributed by atoms with Gasteiger partial charge in [-0.05, 0) is 75.2 Å². The maximum absolute atomic E-state index is 13.3. The number of carbonyl (C=O) groups is 1. The van der Waals surface area contributed by atoms with Crippen molar-refractivity contribution in [3.05, 3.63) is 65.2 Å². The number of ether oxygens (including phenoxy) is 2. The quantitative estimate of drug-likeness (QED) is 0.394. The fourth-order valence-electron chi connectivity index (χ4n) is 6.08. The number of nitrogens with zero attached hydrogens (tertiary/aromatic N) is 2. The van der Waals surface area contributed by atoms with Crippen LogP contribution in [0.25, 0.3) is 0 Å².